The van der Waals surface area contributed by atoms with Crippen LogP contribution < -0.4 is 5.73 Å². The molecule has 0 radical (unpaired) electrons. The van der Waals surface area contributed by atoms with Gasteiger partial charge in [-0.3, -0.25) is 4.98 Å². The van der Waals surface area contributed by atoms with Crippen LogP contribution in [0.25, 0.3) is 10.8 Å². The summed E-state index contributed by atoms with van der Waals surface area (Å²) in [7, 11) is 0. The zero-order valence-electron chi connectivity index (χ0n) is 11.3. The number of benzene rings is 2. The van der Waals surface area contributed by atoms with Crippen LogP contribution in [0.15, 0.2) is 54.9 Å². The van der Waals surface area contributed by atoms with Crippen molar-refractivity contribution in [3.8, 4) is 0 Å². The van der Waals surface area contributed by atoms with Crippen molar-refractivity contribution < 1.29 is 0 Å². The Morgan fingerprint density at radius 3 is 2.71 bits per heavy atom. The van der Waals surface area contributed by atoms with Crippen molar-refractivity contribution >= 4 is 34.0 Å². The molecule has 0 amide bonds. The van der Waals surface area contributed by atoms with E-state index in [1.165, 1.54) is 0 Å². The Labute approximate surface area is 133 Å². The van der Waals surface area contributed by atoms with Gasteiger partial charge in [0.1, 0.15) is 0 Å². The number of rotatable bonds is 3. The van der Waals surface area contributed by atoms with E-state index in [0.717, 1.165) is 21.9 Å². The predicted molar refractivity (Wildman–Crippen MR) is 88.8 cm³/mol. The van der Waals surface area contributed by atoms with Gasteiger partial charge in [0.15, 0.2) is 0 Å². The molecule has 4 heteroatoms. The van der Waals surface area contributed by atoms with Gasteiger partial charge in [-0.2, -0.15) is 0 Å². The second-order valence-electron chi connectivity index (χ2n) is 5.00. The standard InChI is InChI=1S/C17H14Cl2N2/c18-15-5-4-11(8-16(15)19)9-17(20)14-3-1-2-12-10-21-7-6-13(12)14/h1-8,10,17H,9,20H2. The maximum atomic E-state index is 6.38. The topological polar surface area (TPSA) is 38.9 Å². The van der Waals surface area contributed by atoms with Crippen LogP contribution in [-0.4, -0.2) is 4.98 Å². The van der Waals surface area contributed by atoms with Crippen molar-refractivity contribution in [1.82, 2.24) is 4.98 Å². The first-order valence-corrected chi connectivity index (χ1v) is 7.43. The third-order valence-electron chi connectivity index (χ3n) is 3.55. The molecule has 0 fully saturated rings. The second kappa shape index (κ2) is 6.02. The van der Waals surface area contributed by atoms with Gasteiger partial charge in [0.2, 0.25) is 0 Å². The lowest BCUT2D eigenvalue weighted by atomic mass is 9.95. The summed E-state index contributed by atoms with van der Waals surface area (Å²) in [6.45, 7) is 0. The molecule has 1 atom stereocenters. The summed E-state index contributed by atoms with van der Waals surface area (Å²) in [4.78, 5) is 4.15. The monoisotopic (exact) mass is 316 g/mol. The Balaban J connectivity index is 1.93. The summed E-state index contributed by atoms with van der Waals surface area (Å²) >= 11 is 12.0. The molecular formula is C17H14Cl2N2. The zero-order valence-corrected chi connectivity index (χ0v) is 12.8. The number of halogens is 2. The van der Waals surface area contributed by atoms with Crippen molar-refractivity contribution in [2.75, 3.05) is 0 Å². The zero-order chi connectivity index (χ0) is 14.8. The third-order valence-corrected chi connectivity index (χ3v) is 4.29. The molecule has 2 aromatic carbocycles. The summed E-state index contributed by atoms with van der Waals surface area (Å²) in [6, 6.07) is 13.6. The van der Waals surface area contributed by atoms with Gasteiger partial charge in [-0.15, -0.1) is 0 Å². The predicted octanol–water partition coefficient (Wildman–Crippen LogP) is 4.78. The van der Waals surface area contributed by atoms with Crippen LogP contribution in [0.4, 0.5) is 0 Å². The molecule has 0 spiro atoms. The summed E-state index contributed by atoms with van der Waals surface area (Å²) in [5, 5.41) is 3.35. The highest BCUT2D eigenvalue weighted by Gasteiger charge is 2.11. The molecule has 3 aromatic rings. The van der Waals surface area contributed by atoms with E-state index in [1.807, 2.05) is 36.5 Å². The molecule has 1 unspecified atom stereocenters. The maximum absolute atomic E-state index is 6.38. The number of nitrogens with two attached hydrogens (primary N) is 1. The number of nitrogens with zero attached hydrogens (tertiary/aromatic N) is 1. The van der Waals surface area contributed by atoms with E-state index in [0.29, 0.717) is 16.5 Å². The third kappa shape index (κ3) is 3.03. The van der Waals surface area contributed by atoms with Crippen LogP contribution in [0.2, 0.25) is 10.0 Å². The minimum atomic E-state index is -0.103. The lowest BCUT2D eigenvalue weighted by molar-refractivity contribution is 0.728. The van der Waals surface area contributed by atoms with E-state index in [2.05, 4.69) is 11.1 Å². The lowest BCUT2D eigenvalue weighted by Gasteiger charge is -2.15. The average Bonchev–Trinajstić information content (AvgIpc) is 2.50. The van der Waals surface area contributed by atoms with Gasteiger partial charge in [-0.25, -0.2) is 0 Å². The first-order chi connectivity index (χ1) is 10.1. The van der Waals surface area contributed by atoms with Crippen LogP contribution >= 0.6 is 23.2 Å². The lowest BCUT2D eigenvalue weighted by Crippen LogP contribution is -2.13. The Morgan fingerprint density at radius 2 is 1.90 bits per heavy atom. The Kier molecular flexibility index (Phi) is 4.11. The fourth-order valence-corrected chi connectivity index (χ4v) is 2.82. The van der Waals surface area contributed by atoms with Gasteiger partial charge in [-0.05, 0) is 41.1 Å². The van der Waals surface area contributed by atoms with E-state index < -0.39 is 0 Å². The summed E-state index contributed by atoms with van der Waals surface area (Å²) < 4.78 is 0. The maximum Gasteiger partial charge on any atom is 0.0595 e. The van der Waals surface area contributed by atoms with E-state index in [4.69, 9.17) is 28.9 Å². The average molecular weight is 317 g/mol. The quantitative estimate of drug-likeness (QED) is 0.755. The molecule has 21 heavy (non-hydrogen) atoms. The Hall–Kier alpha value is -1.61. The van der Waals surface area contributed by atoms with E-state index >= 15 is 0 Å². The second-order valence-corrected chi connectivity index (χ2v) is 5.82. The fourth-order valence-electron chi connectivity index (χ4n) is 2.50. The smallest absolute Gasteiger partial charge is 0.0595 e. The largest absolute Gasteiger partial charge is 0.324 e. The highest BCUT2D eigenvalue weighted by molar-refractivity contribution is 6.42. The molecule has 3 rings (SSSR count). The van der Waals surface area contributed by atoms with Gasteiger partial charge in [0.05, 0.1) is 10.0 Å². The number of pyridine rings is 1. The Morgan fingerprint density at radius 1 is 1.05 bits per heavy atom. The molecule has 1 aromatic heterocycles. The molecule has 0 saturated carbocycles. The van der Waals surface area contributed by atoms with Gasteiger partial charge in [0, 0.05) is 23.8 Å². The van der Waals surface area contributed by atoms with E-state index in [-0.39, 0.29) is 6.04 Å². The minimum Gasteiger partial charge on any atom is -0.324 e. The number of hydrogen-bond donors (Lipinski definition) is 1. The molecule has 0 saturated heterocycles. The summed E-state index contributed by atoms with van der Waals surface area (Å²) in [5.74, 6) is 0. The van der Waals surface area contributed by atoms with Crippen LogP contribution in [0, 0.1) is 0 Å². The van der Waals surface area contributed by atoms with Crippen molar-refractivity contribution in [2.24, 2.45) is 5.73 Å². The molecule has 0 aliphatic heterocycles. The van der Waals surface area contributed by atoms with Crippen LogP contribution in [-0.2, 0) is 6.42 Å². The molecule has 1 heterocycles. The van der Waals surface area contributed by atoms with Crippen molar-refractivity contribution in [1.29, 1.82) is 0 Å². The van der Waals surface area contributed by atoms with Gasteiger partial charge < -0.3 is 5.73 Å². The highest BCUT2D eigenvalue weighted by Crippen LogP contribution is 2.27. The molecular weight excluding hydrogens is 303 g/mol. The van der Waals surface area contributed by atoms with Crippen LogP contribution in [0.5, 0.6) is 0 Å². The number of hydrogen-bond acceptors (Lipinski definition) is 2. The van der Waals surface area contributed by atoms with Gasteiger partial charge in [0.25, 0.3) is 0 Å². The van der Waals surface area contributed by atoms with Crippen LogP contribution in [0.1, 0.15) is 17.2 Å². The molecule has 0 aliphatic rings. The van der Waals surface area contributed by atoms with Gasteiger partial charge >= 0.3 is 0 Å². The molecule has 0 aliphatic carbocycles. The molecule has 2 nitrogen and oxygen atoms in total. The molecule has 0 bridgehead atoms. The number of fused-ring (bicyclic) bond motifs is 1. The Bertz CT molecular complexity index is 781. The fraction of sp³-hybridized carbons (Fsp3) is 0.118. The first kappa shape index (κ1) is 14.3. The highest BCUT2D eigenvalue weighted by atomic mass is 35.5. The SMILES string of the molecule is NC(Cc1ccc(Cl)c(Cl)c1)c1cccc2cnccc12. The summed E-state index contributed by atoms with van der Waals surface area (Å²) in [5.41, 5.74) is 8.57. The normalized spacial score (nSPS) is 12.5. The van der Waals surface area contributed by atoms with Gasteiger partial charge in [-0.1, -0.05) is 47.5 Å². The van der Waals surface area contributed by atoms with Crippen molar-refractivity contribution in [3.05, 3.63) is 76.0 Å². The van der Waals surface area contributed by atoms with Crippen LogP contribution in [0.3, 0.4) is 0 Å². The van der Waals surface area contributed by atoms with Crippen molar-refractivity contribution in [3.63, 3.8) is 0 Å². The van der Waals surface area contributed by atoms with E-state index in [9.17, 15) is 0 Å². The summed E-state index contributed by atoms with van der Waals surface area (Å²) in [6.07, 6.45) is 4.35. The van der Waals surface area contributed by atoms with E-state index in [1.54, 1.807) is 12.3 Å². The first-order valence-electron chi connectivity index (χ1n) is 6.67. The minimum absolute atomic E-state index is 0.103. The number of aromatic nitrogens is 1. The van der Waals surface area contributed by atoms with Crippen molar-refractivity contribution in [2.45, 2.75) is 12.5 Å². The molecule has 106 valence electrons. The molecule has 2 N–H and O–H groups in total.